The molecule has 0 spiro atoms. The molecule has 20 heavy (non-hydrogen) atoms. The summed E-state index contributed by atoms with van der Waals surface area (Å²) in [4.78, 5) is 2.51. The molecule has 2 heteroatoms. The van der Waals surface area contributed by atoms with Gasteiger partial charge in [-0.2, -0.15) is 0 Å². The average molecular weight is 266 g/mol. The van der Waals surface area contributed by atoms with Crippen molar-refractivity contribution in [1.82, 2.24) is 0 Å². The van der Waals surface area contributed by atoms with E-state index >= 15 is 0 Å². The number of nitrogens with one attached hydrogen (secondary N) is 1. The van der Waals surface area contributed by atoms with Crippen LogP contribution in [0.4, 0.5) is 11.4 Å². The molecular formula is C18H22N2. The van der Waals surface area contributed by atoms with E-state index < -0.39 is 0 Å². The molecule has 2 aromatic rings. The molecule has 0 unspecified atom stereocenters. The highest BCUT2D eigenvalue weighted by Crippen LogP contribution is 2.28. The summed E-state index contributed by atoms with van der Waals surface area (Å²) in [5.41, 5.74) is 4.09. The third kappa shape index (κ3) is 3.13. The van der Waals surface area contributed by atoms with E-state index in [4.69, 9.17) is 0 Å². The molecule has 0 atom stereocenters. The number of rotatable bonds is 5. The van der Waals surface area contributed by atoms with Crippen molar-refractivity contribution in [1.29, 1.82) is 0 Å². The van der Waals surface area contributed by atoms with Crippen LogP contribution in [0.2, 0.25) is 0 Å². The average Bonchev–Trinajstić information content (AvgIpc) is 2.53. The van der Waals surface area contributed by atoms with E-state index in [-0.39, 0.29) is 0 Å². The van der Waals surface area contributed by atoms with Gasteiger partial charge in [0.05, 0.1) is 11.4 Å². The lowest BCUT2D eigenvalue weighted by Gasteiger charge is -2.32. The second-order valence-electron chi connectivity index (χ2n) is 5.37. The molecule has 0 aromatic heterocycles. The topological polar surface area (TPSA) is 15.3 Å². The van der Waals surface area contributed by atoms with Crippen molar-refractivity contribution in [3.8, 4) is 0 Å². The number of hydrogen-bond acceptors (Lipinski definition) is 2. The van der Waals surface area contributed by atoms with E-state index in [2.05, 4.69) is 64.8 Å². The lowest BCUT2D eigenvalue weighted by atomic mass is 10.1. The Morgan fingerprint density at radius 3 is 2.60 bits per heavy atom. The Balaban J connectivity index is 1.50. The van der Waals surface area contributed by atoms with E-state index in [1.807, 2.05) is 0 Å². The summed E-state index contributed by atoms with van der Waals surface area (Å²) < 4.78 is 0. The minimum absolute atomic E-state index is 1.05. The molecular weight excluding hydrogens is 244 g/mol. The fourth-order valence-corrected chi connectivity index (χ4v) is 2.85. The zero-order chi connectivity index (χ0) is 13.6. The molecule has 0 saturated heterocycles. The maximum atomic E-state index is 3.47. The molecule has 0 saturated carbocycles. The van der Waals surface area contributed by atoms with Gasteiger partial charge in [-0.15, -0.1) is 0 Å². The van der Waals surface area contributed by atoms with Crippen molar-refractivity contribution in [3.63, 3.8) is 0 Å². The lowest BCUT2D eigenvalue weighted by Crippen LogP contribution is -2.34. The molecule has 1 aliphatic rings. The number of benzene rings is 2. The van der Waals surface area contributed by atoms with Gasteiger partial charge >= 0.3 is 0 Å². The molecule has 2 aromatic carbocycles. The molecule has 3 rings (SSSR count). The van der Waals surface area contributed by atoms with Gasteiger partial charge in [0.2, 0.25) is 0 Å². The molecule has 1 N–H and O–H groups in total. The van der Waals surface area contributed by atoms with Crippen molar-refractivity contribution in [3.05, 3.63) is 60.2 Å². The summed E-state index contributed by atoms with van der Waals surface area (Å²) in [5, 5.41) is 3.47. The van der Waals surface area contributed by atoms with Crippen LogP contribution in [0.3, 0.4) is 0 Å². The van der Waals surface area contributed by atoms with Crippen LogP contribution in [0.15, 0.2) is 54.6 Å². The fourth-order valence-electron chi connectivity index (χ4n) is 2.85. The maximum absolute atomic E-state index is 3.47. The molecule has 0 fully saturated rings. The first-order valence-electron chi connectivity index (χ1n) is 7.55. The number of fused-ring (bicyclic) bond motifs is 1. The smallest absolute Gasteiger partial charge is 0.0602 e. The van der Waals surface area contributed by atoms with Crippen molar-refractivity contribution < 1.29 is 0 Å². The molecule has 0 amide bonds. The molecule has 0 aliphatic carbocycles. The quantitative estimate of drug-likeness (QED) is 0.825. The maximum Gasteiger partial charge on any atom is 0.0602 e. The fraction of sp³-hybridized carbons (Fsp3) is 0.333. The monoisotopic (exact) mass is 266 g/mol. The Hall–Kier alpha value is -1.96. The first kappa shape index (κ1) is 13.0. The van der Waals surface area contributed by atoms with Crippen LogP contribution >= 0.6 is 0 Å². The lowest BCUT2D eigenvalue weighted by molar-refractivity contribution is 0.684. The van der Waals surface area contributed by atoms with E-state index in [1.165, 1.54) is 36.2 Å². The van der Waals surface area contributed by atoms with Crippen molar-refractivity contribution in [2.75, 3.05) is 29.9 Å². The van der Waals surface area contributed by atoms with Crippen LogP contribution in [0.5, 0.6) is 0 Å². The molecule has 104 valence electrons. The van der Waals surface area contributed by atoms with Crippen LogP contribution in [0.25, 0.3) is 0 Å². The Morgan fingerprint density at radius 1 is 0.900 bits per heavy atom. The van der Waals surface area contributed by atoms with Gasteiger partial charge in [-0.05, 0) is 37.0 Å². The highest BCUT2D eigenvalue weighted by atomic mass is 15.2. The summed E-state index contributed by atoms with van der Waals surface area (Å²) in [7, 11) is 0. The van der Waals surface area contributed by atoms with Crippen LogP contribution in [0, 0.1) is 0 Å². The number of nitrogens with zero attached hydrogens (tertiary/aromatic N) is 1. The highest BCUT2D eigenvalue weighted by Gasteiger charge is 2.14. The summed E-state index contributed by atoms with van der Waals surface area (Å²) >= 11 is 0. The second-order valence-corrected chi connectivity index (χ2v) is 5.37. The summed E-state index contributed by atoms with van der Waals surface area (Å²) in [6, 6.07) is 19.4. The van der Waals surface area contributed by atoms with Gasteiger partial charge in [0, 0.05) is 19.6 Å². The zero-order valence-electron chi connectivity index (χ0n) is 11.9. The van der Waals surface area contributed by atoms with Gasteiger partial charge in [-0.25, -0.2) is 0 Å². The molecule has 1 aliphatic heterocycles. The summed E-state index contributed by atoms with van der Waals surface area (Å²) in [6.07, 6.45) is 3.70. The standard InChI is InChI=1S/C18H22N2/c1-2-8-16(9-3-1)10-6-7-14-20-15-13-19-17-11-4-5-12-18(17)20/h1-5,8-9,11-12,19H,6-7,10,13-15H2. The van der Waals surface area contributed by atoms with Crippen LogP contribution < -0.4 is 10.2 Å². The van der Waals surface area contributed by atoms with Gasteiger partial charge in [0.25, 0.3) is 0 Å². The van der Waals surface area contributed by atoms with E-state index in [0.717, 1.165) is 19.6 Å². The van der Waals surface area contributed by atoms with E-state index in [9.17, 15) is 0 Å². The van der Waals surface area contributed by atoms with E-state index in [0.29, 0.717) is 0 Å². The minimum Gasteiger partial charge on any atom is -0.382 e. The molecule has 2 nitrogen and oxygen atoms in total. The predicted molar refractivity (Wildman–Crippen MR) is 86.5 cm³/mol. The molecule has 0 bridgehead atoms. The molecule has 1 heterocycles. The highest BCUT2D eigenvalue weighted by molar-refractivity contribution is 5.71. The molecule has 0 radical (unpaired) electrons. The first-order chi connectivity index (χ1) is 9.93. The van der Waals surface area contributed by atoms with Crippen LogP contribution in [-0.2, 0) is 6.42 Å². The van der Waals surface area contributed by atoms with Gasteiger partial charge in [-0.3, -0.25) is 0 Å². The van der Waals surface area contributed by atoms with Crippen molar-refractivity contribution in [2.45, 2.75) is 19.3 Å². The number of unbranched alkanes of at least 4 members (excludes halogenated alkanes) is 1. The normalized spacial score (nSPS) is 13.7. The van der Waals surface area contributed by atoms with Crippen LogP contribution in [0.1, 0.15) is 18.4 Å². The van der Waals surface area contributed by atoms with Gasteiger partial charge in [-0.1, -0.05) is 42.5 Å². The Labute approximate surface area is 121 Å². The Bertz CT molecular complexity index is 536. The number of anilines is 2. The Kier molecular flexibility index (Phi) is 4.22. The number of hydrogen-bond donors (Lipinski definition) is 1. The number of aryl methyl sites for hydroxylation is 1. The first-order valence-corrected chi connectivity index (χ1v) is 7.55. The zero-order valence-corrected chi connectivity index (χ0v) is 11.9. The van der Waals surface area contributed by atoms with Gasteiger partial charge in [0.1, 0.15) is 0 Å². The van der Waals surface area contributed by atoms with Crippen molar-refractivity contribution in [2.24, 2.45) is 0 Å². The van der Waals surface area contributed by atoms with Crippen LogP contribution in [-0.4, -0.2) is 19.6 Å². The van der Waals surface area contributed by atoms with E-state index in [1.54, 1.807) is 0 Å². The minimum atomic E-state index is 1.05. The number of para-hydroxylation sites is 2. The SMILES string of the molecule is c1ccc(CCCCN2CCNc3ccccc32)cc1. The van der Waals surface area contributed by atoms with Gasteiger partial charge in [0.15, 0.2) is 0 Å². The third-order valence-corrected chi connectivity index (χ3v) is 3.93. The largest absolute Gasteiger partial charge is 0.382 e. The van der Waals surface area contributed by atoms with Crippen molar-refractivity contribution >= 4 is 11.4 Å². The summed E-state index contributed by atoms with van der Waals surface area (Å²) in [6.45, 7) is 3.32. The third-order valence-electron chi connectivity index (χ3n) is 3.93. The Morgan fingerprint density at radius 2 is 1.70 bits per heavy atom. The second kappa shape index (κ2) is 6.47. The predicted octanol–water partition coefficient (Wildman–Crippen LogP) is 3.94. The summed E-state index contributed by atoms with van der Waals surface area (Å²) in [5.74, 6) is 0. The van der Waals surface area contributed by atoms with Gasteiger partial charge < -0.3 is 10.2 Å².